The first kappa shape index (κ1) is 24.3. The molecule has 0 bridgehead atoms. The molecule has 176 valence electrons. The summed E-state index contributed by atoms with van der Waals surface area (Å²) in [4.78, 5) is 37.2. The summed E-state index contributed by atoms with van der Waals surface area (Å²) in [5.41, 5.74) is 2.20. The Morgan fingerprint density at radius 1 is 0.706 bits per heavy atom. The number of phenolic OH excluding ortho intramolecular Hbond substituents is 1. The fourth-order valence-electron chi connectivity index (χ4n) is 3.31. The van der Waals surface area contributed by atoms with Crippen LogP contribution in [0.4, 0.5) is 4.79 Å². The zero-order chi connectivity index (χ0) is 24.3. The van der Waals surface area contributed by atoms with Crippen LogP contribution in [0, 0.1) is 0 Å². The molecule has 0 saturated carbocycles. The summed E-state index contributed by atoms with van der Waals surface area (Å²) >= 11 is 0. The maximum Gasteiger partial charge on any atom is 0.408 e. The van der Waals surface area contributed by atoms with E-state index in [0.717, 1.165) is 11.1 Å². The molecule has 8 nitrogen and oxygen atoms in total. The topological polar surface area (TPSA) is 125 Å². The highest BCUT2D eigenvalue weighted by atomic mass is 16.5. The third-order valence-corrected chi connectivity index (χ3v) is 5.09. The molecular formula is C26H26N2O6. The van der Waals surface area contributed by atoms with Gasteiger partial charge in [-0.3, -0.25) is 4.79 Å². The van der Waals surface area contributed by atoms with Crippen LogP contribution < -0.4 is 10.6 Å². The molecule has 0 aliphatic heterocycles. The first-order chi connectivity index (χ1) is 16.4. The molecule has 0 radical (unpaired) electrons. The molecule has 0 aromatic heterocycles. The summed E-state index contributed by atoms with van der Waals surface area (Å²) in [6.45, 7) is 0.0198. The number of alkyl carbamates (subject to hydrolysis) is 1. The maximum absolute atomic E-state index is 13.0. The first-order valence-electron chi connectivity index (χ1n) is 10.7. The van der Waals surface area contributed by atoms with Crippen LogP contribution in [0.5, 0.6) is 5.75 Å². The average molecular weight is 463 g/mol. The second kappa shape index (κ2) is 12.1. The molecule has 3 rings (SSSR count). The van der Waals surface area contributed by atoms with Gasteiger partial charge in [-0.2, -0.15) is 0 Å². The molecule has 8 heteroatoms. The van der Waals surface area contributed by atoms with Crippen LogP contribution in [0.15, 0.2) is 84.9 Å². The summed E-state index contributed by atoms with van der Waals surface area (Å²) in [7, 11) is 0. The number of carboxylic acids is 1. The van der Waals surface area contributed by atoms with Crippen LogP contribution in [-0.2, 0) is 33.8 Å². The molecule has 0 fully saturated rings. The van der Waals surface area contributed by atoms with Gasteiger partial charge in [0.05, 0.1) is 0 Å². The van der Waals surface area contributed by atoms with Gasteiger partial charge in [-0.05, 0) is 28.8 Å². The number of aromatic hydroxyl groups is 1. The largest absolute Gasteiger partial charge is 0.508 e. The van der Waals surface area contributed by atoms with Gasteiger partial charge in [-0.15, -0.1) is 0 Å². The van der Waals surface area contributed by atoms with Gasteiger partial charge >= 0.3 is 12.1 Å². The van der Waals surface area contributed by atoms with Crippen molar-refractivity contribution >= 4 is 18.0 Å². The van der Waals surface area contributed by atoms with Gasteiger partial charge < -0.3 is 25.6 Å². The molecule has 2 amide bonds. The molecule has 34 heavy (non-hydrogen) atoms. The number of nitrogens with one attached hydrogen (secondary N) is 2. The number of hydrogen-bond acceptors (Lipinski definition) is 5. The van der Waals surface area contributed by atoms with Crippen molar-refractivity contribution in [2.45, 2.75) is 31.5 Å². The fourth-order valence-corrected chi connectivity index (χ4v) is 3.31. The van der Waals surface area contributed by atoms with Gasteiger partial charge in [0.15, 0.2) is 0 Å². The summed E-state index contributed by atoms with van der Waals surface area (Å²) < 4.78 is 5.23. The van der Waals surface area contributed by atoms with Crippen molar-refractivity contribution in [1.29, 1.82) is 0 Å². The Morgan fingerprint density at radius 2 is 1.24 bits per heavy atom. The Balaban J connectivity index is 1.70. The van der Waals surface area contributed by atoms with Gasteiger partial charge in [-0.1, -0.05) is 72.8 Å². The number of phenols is 1. The molecule has 0 aliphatic rings. The number of rotatable bonds is 10. The fraction of sp³-hybridized carbons (Fsp3) is 0.192. The number of carbonyl (C=O) groups excluding carboxylic acids is 2. The van der Waals surface area contributed by atoms with Crippen LogP contribution in [0.2, 0.25) is 0 Å². The smallest absolute Gasteiger partial charge is 0.408 e. The van der Waals surface area contributed by atoms with E-state index in [1.54, 1.807) is 48.5 Å². The summed E-state index contributed by atoms with van der Waals surface area (Å²) in [6, 6.07) is 21.9. The van der Waals surface area contributed by atoms with Crippen LogP contribution in [0.1, 0.15) is 16.7 Å². The first-order valence-corrected chi connectivity index (χ1v) is 10.7. The second-order valence-electron chi connectivity index (χ2n) is 7.72. The SMILES string of the molecule is O=C(N[C@@H](Cc1ccc(O)cc1)C(=O)N[C@@H](Cc1ccccc1)C(=O)O)OCc1ccccc1. The molecule has 0 heterocycles. The minimum absolute atomic E-state index is 0.0198. The quantitative estimate of drug-likeness (QED) is 0.367. The van der Waals surface area contributed by atoms with Crippen molar-refractivity contribution in [2.24, 2.45) is 0 Å². The molecule has 0 saturated heterocycles. The summed E-state index contributed by atoms with van der Waals surface area (Å²) in [5, 5.41) is 24.2. The normalized spacial score (nSPS) is 12.2. The van der Waals surface area contributed by atoms with E-state index in [4.69, 9.17) is 4.74 Å². The number of carboxylic acid groups (broad SMARTS) is 1. The number of benzene rings is 3. The highest BCUT2D eigenvalue weighted by molar-refractivity contribution is 5.89. The van der Waals surface area contributed by atoms with Gasteiger partial charge in [0.25, 0.3) is 0 Å². The molecule has 3 aromatic carbocycles. The van der Waals surface area contributed by atoms with E-state index < -0.39 is 30.1 Å². The van der Waals surface area contributed by atoms with E-state index in [9.17, 15) is 24.6 Å². The highest BCUT2D eigenvalue weighted by Crippen LogP contribution is 2.12. The van der Waals surface area contributed by atoms with E-state index in [0.29, 0.717) is 5.56 Å². The van der Waals surface area contributed by atoms with E-state index in [2.05, 4.69) is 10.6 Å². The lowest BCUT2D eigenvalue weighted by Crippen LogP contribution is -2.53. The molecule has 0 spiro atoms. The number of carbonyl (C=O) groups is 3. The molecular weight excluding hydrogens is 436 g/mol. The number of hydrogen-bond donors (Lipinski definition) is 4. The van der Waals surface area contributed by atoms with Crippen LogP contribution in [-0.4, -0.2) is 40.3 Å². The molecule has 0 aliphatic carbocycles. The third kappa shape index (κ3) is 7.67. The Hall–Kier alpha value is -4.33. The van der Waals surface area contributed by atoms with Crippen molar-refractivity contribution in [3.05, 3.63) is 102 Å². The van der Waals surface area contributed by atoms with Gasteiger partial charge in [0, 0.05) is 12.8 Å². The average Bonchev–Trinajstić information content (AvgIpc) is 2.84. The molecule has 4 N–H and O–H groups in total. The minimum Gasteiger partial charge on any atom is -0.508 e. The lowest BCUT2D eigenvalue weighted by molar-refractivity contribution is -0.142. The Labute approximate surface area is 197 Å². The van der Waals surface area contributed by atoms with E-state index >= 15 is 0 Å². The maximum atomic E-state index is 13.0. The predicted octanol–water partition coefficient (Wildman–Crippen LogP) is 3.04. The minimum atomic E-state index is -1.19. The molecule has 2 atom stereocenters. The Bertz CT molecular complexity index is 1090. The van der Waals surface area contributed by atoms with E-state index in [1.807, 2.05) is 24.3 Å². The van der Waals surface area contributed by atoms with Crippen molar-refractivity contribution in [1.82, 2.24) is 10.6 Å². The van der Waals surface area contributed by atoms with E-state index in [1.165, 1.54) is 12.1 Å². The van der Waals surface area contributed by atoms with Crippen molar-refractivity contribution in [2.75, 3.05) is 0 Å². The number of aliphatic carboxylic acids is 1. The number of ether oxygens (including phenoxy) is 1. The van der Waals surface area contributed by atoms with Crippen LogP contribution in [0.3, 0.4) is 0 Å². The molecule has 0 unspecified atom stereocenters. The van der Waals surface area contributed by atoms with Crippen molar-refractivity contribution < 1.29 is 29.3 Å². The predicted molar refractivity (Wildman–Crippen MR) is 125 cm³/mol. The third-order valence-electron chi connectivity index (χ3n) is 5.09. The second-order valence-corrected chi connectivity index (χ2v) is 7.72. The lowest BCUT2D eigenvalue weighted by atomic mass is 10.0. The van der Waals surface area contributed by atoms with Crippen LogP contribution in [0.25, 0.3) is 0 Å². The van der Waals surface area contributed by atoms with Crippen molar-refractivity contribution in [3.8, 4) is 5.75 Å². The summed E-state index contributed by atoms with van der Waals surface area (Å²) in [6.07, 6.45) is -0.644. The lowest BCUT2D eigenvalue weighted by Gasteiger charge is -2.21. The Kier molecular flexibility index (Phi) is 8.62. The highest BCUT2D eigenvalue weighted by Gasteiger charge is 2.27. The zero-order valence-electron chi connectivity index (χ0n) is 18.4. The Morgan fingerprint density at radius 3 is 1.82 bits per heavy atom. The molecule has 3 aromatic rings. The van der Waals surface area contributed by atoms with Crippen LogP contribution >= 0.6 is 0 Å². The monoisotopic (exact) mass is 462 g/mol. The van der Waals surface area contributed by atoms with Gasteiger partial charge in [0.2, 0.25) is 5.91 Å². The van der Waals surface area contributed by atoms with Gasteiger partial charge in [0.1, 0.15) is 24.4 Å². The standard InChI is InChI=1S/C26H26N2O6/c29-21-13-11-19(12-14-21)15-22(28-26(33)34-17-20-9-5-2-6-10-20)24(30)27-23(25(31)32)16-18-7-3-1-4-8-18/h1-14,22-23,29H,15-17H2,(H,27,30)(H,28,33)(H,31,32)/t22-,23-/m0/s1. The van der Waals surface area contributed by atoms with Gasteiger partial charge in [-0.25, -0.2) is 9.59 Å². The van der Waals surface area contributed by atoms with E-state index in [-0.39, 0.29) is 25.2 Å². The van der Waals surface area contributed by atoms with Crippen molar-refractivity contribution in [3.63, 3.8) is 0 Å². The number of amides is 2. The summed E-state index contributed by atoms with van der Waals surface area (Å²) in [5.74, 6) is -1.78. The zero-order valence-corrected chi connectivity index (χ0v) is 18.4.